The Bertz CT molecular complexity index is 108. The maximum absolute atomic E-state index is 4.15. The normalized spacial score (nSPS) is 41.0. The monoisotopic (exact) mass is 214 g/mol. The minimum atomic E-state index is 0. The Kier molecular flexibility index (Phi) is 7.54. The minimum Gasteiger partial charge on any atom is -1.00 e. The van der Waals surface area contributed by atoms with Crippen molar-refractivity contribution < 1.29 is 36.3 Å². The Hall–Kier alpha value is 0.500. The van der Waals surface area contributed by atoms with Crippen LogP contribution < -0.4 is 36.3 Å². The SMILES string of the molecule is C[C@H]1CC[C@H](C)[C@@H]([NH3+])[C@@H]1[NH3+].[Cl-].[Cl-]. The van der Waals surface area contributed by atoms with E-state index in [2.05, 4.69) is 25.3 Å². The summed E-state index contributed by atoms with van der Waals surface area (Å²) < 4.78 is 0. The number of rotatable bonds is 0. The number of quaternary nitrogens is 2. The maximum atomic E-state index is 4.15. The molecule has 0 aliphatic heterocycles. The average Bonchev–Trinajstić information content (AvgIpc) is 1.93. The molecule has 0 unspecified atom stereocenters. The highest BCUT2D eigenvalue weighted by atomic mass is 35.5. The summed E-state index contributed by atoms with van der Waals surface area (Å²) in [5.74, 6) is 1.58. The largest absolute Gasteiger partial charge is 1.00 e. The first kappa shape index (κ1) is 15.0. The zero-order valence-electron chi connectivity index (χ0n) is 7.89. The average molecular weight is 215 g/mol. The van der Waals surface area contributed by atoms with E-state index in [0.717, 1.165) is 11.8 Å². The highest BCUT2D eigenvalue weighted by Gasteiger charge is 2.35. The van der Waals surface area contributed by atoms with Gasteiger partial charge >= 0.3 is 0 Å². The van der Waals surface area contributed by atoms with Crippen LogP contribution >= 0.6 is 0 Å². The summed E-state index contributed by atoms with van der Waals surface area (Å²) in [7, 11) is 0. The van der Waals surface area contributed by atoms with Crippen LogP contribution in [0.3, 0.4) is 0 Å². The van der Waals surface area contributed by atoms with E-state index in [0.29, 0.717) is 12.1 Å². The molecule has 0 aromatic carbocycles. The maximum Gasteiger partial charge on any atom is 0.139 e. The lowest BCUT2D eigenvalue weighted by molar-refractivity contribution is -0.549. The summed E-state index contributed by atoms with van der Waals surface area (Å²) in [5.41, 5.74) is 8.29. The van der Waals surface area contributed by atoms with Gasteiger partial charge in [-0.15, -0.1) is 0 Å². The molecule has 0 amide bonds. The molecule has 0 aromatic heterocycles. The lowest BCUT2D eigenvalue weighted by atomic mass is 9.77. The molecule has 2 nitrogen and oxygen atoms in total. The summed E-state index contributed by atoms with van der Waals surface area (Å²) in [6.45, 7) is 4.59. The standard InChI is InChI=1S/C8H18N2.2ClH/c1-5-3-4-6(2)8(10)7(5)9;;/h5-8H,3-4,9-10H2,1-2H3;2*1H/t5-,6-,7+,8+;;/m0../s1. The lowest BCUT2D eigenvalue weighted by Crippen LogP contribution is -3.00. The zero-order valence-corrected chi connectivity index (χ0v) is 9.41. The molecule has 76 valence electrons. The van der Waals surface area contributed by atoms with Gasteiger partial charge in [0.1, 0.15) is 12.1 Å². The molecular weight excluding hydrogens is 195 g/mol. The quantitative estimate of drug-likeness (QED) is 0.404. The Morgan fingerprint density at radius 3 is 1.33 bits per heavy atom. The molecule has 6 N–H and O–H groups in total. The second kappa shape index (κ2) is 6.03. The summed E-state index contributed by atoms with van der Waals surface area (Å²) in [6.07, 6.45) is 2.70. The molecule has 1 rings (SSSR count). The van der Waals surface area contributed by atoms with Crippen LogP contribution in [0.1, 0.15) is 26.7 Å². The first-order valence-corrected chi connectivity index (χ1v) is 4.29. The topological polar surface area (TPSA) is 55.3 Å². The summed E-state index contributed by atoms with van der Waals surface area (Å²) in [4.78, 5) is 0. The first-order chi connectivity index (χ1) is 4.63. The van der Waals surface area contributed by atoms with E-state index < -0.39 is 0 Å². The lowest BCUT2D eigenvalue weighted by Gasteiger charge is -2.30. The van der Waals surface area contributed by atoms with Crippen molar-refractivity contribution >= 4 is 0 Å². The van der Waals surface area contributed by atoms with E-state index in [1.165, 1.54) is 12.8 Å². The van der Waals surface area contributed by atoms with E-state index in [-0.39, 0.29) is 24.8 Å². The van der Waals surface area contributed by atoms with Gasteiger partial charge in [0.15, 0.2) is 0 Å². The highest BCUT2D eigenvalue weighted by molar-refractivity contribution is 4.81. The van der Waals surface area contributed by atoms with Crippen molar-refractivity contribution in [2.45, 2.75) is 38.8 Å². The van der Waals surface area contributed by atoms with Crippen molar-refractivity contribution in [3.63, 3.8) is 0 Å². The van der Waals surface area contributed by atoms with Crippen LogP contribution in [0.25, 0.3) is 0 Å². The van der Waals surface area contributed by atoms with Gasteiger partial charge in [-0.1, -0.05) is 13.8 Å². The fourth-order valence-corrected chi connectivity index (χ4v) is 1.80. The predicted molar refractivity (Wildman–Crippen MR) is 40.9 cm³/mol. The van der Waals surface area contributed by atoms with E-state index in [1.54, 1.807) is 0 Å². The van der Waals surface area contributed by atoms with E-state index in [9.17, 15) is 0 Å². The third-order valence-electron chi connectivity index (χ3n) is 3.09. The second-order valence-corrected chi connectivity index (χ2v) is 3.86. The van der Waals surface area contributed by atoms with Crippen molar-refractivity contribution in [1.82, 2.24) is 0 Å². The van der Waals surface area contributed by atoms with Crippen LogP contribution in [0.4, 0.5) is 0 Å². The molecule has 0 saturated heterocycles. The van der Waals surface area contributed by atoms with Gasteiger partial charge in [0.2, 0.25) is 0 Å². The third-order valence-corrected chi connectivity index (χ3v) is 3.09. The van der Waals surface area contributed by atoms with Crippen molar-refractivity contribution in [1.29, 1.82) is 0 Å². The fraction of sp³-hybridized carbons (Fsp3) is 1.00. The molecule has 12 heavy (non-hydrogen) atoms. The van der Waals surface area contributed by atoms with Crippen molar-refractivity contribution in [2.24, 2.45) is 11.8 Å². The smallest absolute Gasteiger partial charge is 0.139 e. The van der Waals surface area contributed by atoms with Gasteiger partial charge in [0, 0.05) is 11.8 Å². The Morgan fingerprint density at radius 1 is 0.833 bits per heavy atom. The molecule has 0 heterocycles. The highest BCUT2D eigenvalue weighted by Crippen LogP contribution is 2.24. The number of hydrogen-bond donors (Lipinski definition) is 2. The second-order valence-electron chi connectivity index (χ2n) is 3.86. The molecule has 1 aliphatic rings. The molecule has 0 radical (unpaired) electrons. The molecule has 1 aliphatic carbocycles. The zero-order chi connectivity index (χ0) is 7.72. The molecular formula is C8H20Cl2N2. The van der Waals surface area contributed by atoms with Gasteiger partial charge in [-0.2, -0.15) is 0 Å². The predicted octanol–water partition coefficient (Wildman–Crippen LogP) is -6.72. The van der Waals surface area contributed by atoms with Gasteiger partial charge < -0.3 is 36.3 Å². The van der Waals surface area contributed by atoms with Crippen molar-refractivity contribution in [3.8, 4) is 0 Å². The summed E-state index contributed by atoms with van der Waals surface area (Å²) in [6, 6.07) is 1.17. The van der Waals surface area contributed by atoms with E-state index in [1.807, 2.05) is 0 Å². The first-order valence-electron chi connectivity index (χ1n) is 4.29. The van der Waals surface area contributed by atoms with Crippen LogP contribution in [-0.2, 0) is 0 Å². The number of halogens is 2. The van der Waals surface area contributed by atoms with Gasteiger partial charge in [-0.05, 0) is 12.8 Å². The molecule has 4 heteroatoms. The van der Waals surface area contributed by atoms with E-state index in [4.69, 9.17) is 0 Å². The van der Waals surface area contributed by atoms with E-state index >= 15 is 0 Å². The van der Waals surface area contributed by atoms with Crippen LogP contribution in [0.5, 0.6) is 0 Å². The molecule has 0 spiro atoms. The van der Waals surface area contributed by atoms with Gasteiger partial charge in [0.05, 0.1) is 0 Å². The van der Waals surface area contributed by atoms with Crippen LogP contribution in [0, 0.1) is 11.8 Å². The molecule has 1 fully saturated rings. The molecule has 0 bridgehead atoms. The van der Waals surface area contributed by atoms with Crippen LogP contribution in [0.2, 0.25) is 0 Å². The molecule has 4 atom stereocenters. The fourth-order valence-electron chi connectivity index (χ4n) is 1.80. The van der Waals surface area contributed by atoms with Crippen molar-refractivity contribution in [2.75, 3.05) is 0 Å². The van der Waals surface area contributed by atoms with Crippen LogP contribution in [-0.4, -0.2) is 12.1 Å². The van der Waals surface area contributed by atoms with Gasteiger partial charge in [0.25, 0.3) is 0 Å². The van der Waals surface area contributed by atoms with Gasteiger partial charge in [-0.3, -0.25) is 0 Å². The minimum absolute atomic E-state index is 0. The summed E-state index contributed by atoms with van der Waals surface area (Å²) >= 11 is 0. The molecule has 0 aromatic rings. The Balaban J connectivity index is 0. The van der Waals surface area contributed by atoms with Crippen LogP contribution in [0.15, 0.2) is 0 Å². The summed E-state index contributed by atoms with van der Waals surface area (Å²) in [5, 5.41) is 0. The van der Waals surface area contributed by atoms with Crippen molar-refractivity contribution in [3.05, 3.63) is 0 Å². The Morgan fingerprint density at radius 2 is 1.08 bits per heavy atom. The third kappa shape index (κ3) is 3.09. The number of hydrogen-bond acceptors (Lipinski definition) is 0. The Labute approximate surface area is 87.3 Å². The van der Waals surface area contributed by atoms with Gasteiger partial charge in [-0.25, -0.2) is 0 Å². The molecule has 1 saturated carbocycles.